The Bertz CT molecular complexity index is 946. The number of anilines is 3. The summed E-state index contributed by atoms with van der Waals surface area (Å²) in [5, 5.41) is 13.7. The van der Waals surface area contributed by atoms with E-state index in [0.717, 1.165) is 30.8 Å². The smallest absolute Gasteiger partial charge is 0.407 e. The van der Waals surface area contributed by atoms with Crippen LogP contribution in [0.15, 0.2) is 24.4 Å². The highest BCUT2D eigenvalue weighted by Crippen LogP contribution is 2.37. The number of rotatable bonds is 6. The molecule has 1 aliphatic rings. The number of amides is 2. The maximum atomic E-state index is 11.9. The van der Waals surface area contributed by atoms with Crippen LogP contribution in [-0.4, -0.2) is 38.9 Å². The lowest BCUT2D eigenvalue weighted by Crippen LogP contribution is -2.33. The molecule has 0 aliphatic heterocycles. The van der Waals surface area contributed by atoms with Crippen LogP contribution in [0.5, 0.6) is 0 Å². The summed E-state index contributed by atoms with van der Waals surface area (Å²) in [4.78, 5) is 27.5. The van der Waals surface area contributed by atoms with E-state index in [4.69, 9.17) is 9.84 Å². The van der Waals surface area contributed by atoms with E-state index < -0.39 is 0 Å². The van der Waals surface area contributed by atoms with Gasteiger partial charge in [-0.25, -0.2) is 14.5 Å². The Balaban J connectivity index is 1.73. The van der Waals surface area contributed by atoms with Crippen molar-refractivity contribution in [3.8, 4) is 0 Å². The first-order valence-corrected chi connectivity index (χ1v) is 11.1. The molecule has 9 nitrogen and oxygen atoms in total. The number of hydrogen-bond acceptors (Lipinski definition) is 6. The monoisotopic (exact) mass is 442 g/mol. The largest absolute Gasteiger partial charge is 0.446 e. The van der Waals surface area contributed by atoms with Crippen molar-refractivity contribution < 1.29 is 14.3 Å². The van der Waals surface area contributed by atoms with Crippen LogP contribution >= 0.6 is 0 Å². The van der Waals surface area contributed by atoms with Crippen molar-refractivity contribution in [2.45, 2.75) is 84.4 Å². The van der Waals surface area contributed by atoms with Crippen molar-refractivity contribution >= 4 is 29.3 Å². The summed E-state index contributed by atoms with van der Waals surface area (Å²) in [5.74, 6) is 1.60. The van der Waals surface area contributed by atoms with Crippen LogP contribution in [0.25, 0.3) is 0 Å². The lowest BCUT2D eigenvalue weighted by Gasteiger charge is -2.22. The zero-order chi connectivity index (χ0) is 23.5. The number of nitrogens with one attached hydrogen (secondary N) is 3. The SMILES string of the molecule is CC(=O)Nc1ccc(Nc2cc([C@H]3CC[C@@H](OC(=O)NC(C)C)C3)nn2C(C)(C)C)nc1. The van der Waals surface area contributed by atoms with Gasteiger partial charge in [0, 0.05) is 24.9 Å². The van der Waals surface area contributed by atoms with Crippen molar-refractivity contribution in [1.29, 1.82) is 0 Å². The topological polar surface area (TPSA) is 110 Å². The molecular formula is C23H34N6O3. The molecule has 3 N–H and O–H groups in total. The van der Waals surface area contributed by atoms with Crippen LogP contribution in [-0.2, 0) is 15.1 Å². The number of carbonyl (C=O) groups excluding carboxylic acids is 2. The molecule has 2 amide bonds. The molecular weight excluding hydrogens is 408 g/mol. The van der Waals surface area contributed by atoms with Gasteiger partial charge in [-0.1, -0.05) is 0 Å². The van der Waals surface area contributed by atoms with E-state index in [1.54, 1.807) is 12.3 Å². The van der Waals surface area contributed by atoms with Gasteiger partial charge in [0.1, 0.15) is 17.7 Å². The van der Waals surface area contributed by atoms with Crippen LogP contribution < -0.4 is 16.0 Å². The number of pyridine rings is 1. The minimum atomic E-state index is -0.359. The second-order valence-corrected chi connectivity index (χ2v) is 9.61. The molecule has 0 unspecified atom stereocenters. The second kappa shape index (κ2) is 9.58. The highest BCUT2D eigenvalue weighted by atomic mass is 16.6. The Morgan fingerprint density at radius 3 is 2.56 bits per heavy atom. The molecule has 2 aromatic rings. The lowest BCUT2D eigenvalue weighted by atomic mass is 10.0. The number of hydrogen-bond donors (Lipinski definition) is 3. The predicted octanol–water partition coefficient (Wildman–Crippen LogP) is 4.51. The first-order valence-electron chi connectivity index (χ1n) is 11.1. The number of carbonyl (C=O) groups is 2. The standard InChI is InChI=1S/C23H34N6O3/c1-14(2)25-22(31)32-18-9-7-16(11-18)19-12-21(29(28-19)23(4,5)6)27-20-10-8-17(13-24-20)26-15(3)30/h8,10,12-14,16,18H,7,9,11H2,1-6H3,(H,24,27)(H,25,31)(H,26,30)/t16-,18+/m0/s1. The molecule has 2 heterocycles. The third-order valence-electron chi connectivity index (χ3n) is 5.19. The fourth-order valence-corrected chi connectivity index (χ4v) is 3.81. The number of ether oxygens (including phenoxy) is 1. The number of aromatic nitrogens is 3. The van der Waals surface area contributed by atoms with Gasteiger partial charge in [-0.05, 0) is 66.0 Å². The van der Waals surface area contributed by atoms with Crippen LogP contribution in [0.2, 0.25) is 0 Å². The highest BCUT2D eigenvalue weighted by Gasteiger charge is 2.32. The Morgan fingerprint density at radius 1 is 1.22 bits per heavy atom. The molecule has 0 saturated heterocycles. The third-order valence-corrected chi connectivity index (χ3v) is 5.19. The van der Waals surface area contributed by atoms with E-state index in [-0.39, 0.29) is 35.6 Å². The number of alkyl carbamates (subject to hydrolysis) is 1. The fraction of sp³-hybridized carbons (Fsp3) is 0.565. The molecule has 0 aromatic carbocycles. The zero-order valence-electron chi connectivity index (χ0n) is 19.7. The summed E-state index contributed by atoms with van der Waals surface area (Å²) in [6.45, 7) is 11.6. The maximum absolute atomic E-state index is 11.9. The molecule has 0 bridgehead atoms. The van der Waals surface area contributed by atoms with Gasteiger partial charge in [0.25, 0.3) is 0 Å². The molecule has 174 valence electrons. The van der Waals surface area contributed by atoms with Crippen LogP contribution in [0.4, 0.5) is 22.1 Å². The fourth-order valence-electron chi connectivity index (χ4n) is 3.81. The van der Waals surface area contributed by atoms with Crippen LogP contribution in [0.3, 0.4) is 0 Å². The van der Waals surface area contributed by atoms with Gasteiger partial charge in [0.05, 0.1) is 23.1 Å². The van der Waals surface area contributed by atoms with Gasteiger partial charge in [-0.3, -0.25) is 4.79 Å². The highest BCUT2D eigenvalue weighted by molar-refractivity contribution is 5.88. The van der Waals surface area contributed by atoms with E-state index >= 15 is 0 Å². The summed E-state index contributed by atoms with van der Waals surface area (Å²) >= 11 is 0. The van der Waals surface area contributed by atoms with Crippen molar-refractivity contribution in [2.24, 2.45) is 0 Å². The summed E-state index contributed by atoms with van der Waals surface area (Å²) in [6.07, 6.45) is 3.66. The summed E-state index contributed by atoms with van der Waals surface area (Å²) in [5.41, 5.74) is 1.39. The first kappa shape index (κ1) is 23.6. The molecule has 1 aliphatic carbocycles. The van der Waals surface area contributed by atoms with E-state index in [0.29, 0.717) is 11.5 Å². The van der Waals surface area contributed by atoms with Gasteiger partial charge in [-0.2, -0.15) is 5.10 Å². The third kappa shape index (κ3) is 6.21. The minimum Gasteiger partial charge on any atom is -0.446 e. The van der Waals surface area contributed by atoms with Crippen molar-refractivity contribution in [2.75, 3.05) is 10.6 Å². The van der Waals surface area contributed by atoms with Gasteiger partial charge >= 0.3 is 6.09 Å². The maximum Gasteiger partial charge on any atom is 0.407 e. The van der Waals surface area contributed by atoms with Gasteiger partial charge in [-0.15, -0.1) is 0 Å². The van der Waals surface area contributed by atoms with Gasteiger partial charge < -0.3 is 20.7 Å². The molecule has 32 heavy (non-hydrogen) atoms. The van der Waals surface area contributed by atoms with Crippen molar-refractivity contribution in [3.63, 3.8) is 0 Å². The average molecular weight is 443 g/mol. The Morgan fingerprint density at radius 2 is 1.97 bits per heavy atom. The molecule has 1 fully saturated rings. The first-order chi connectivity index (χ1) is 15.0. The van der Waals surface area contributed by atoms with Gasteiger partial charge in [0.15, 0.2) is 0 Å². The predicted molar refractivity (Wildman–Crippen MR) is 124 cm³/mol. The lowest BCUT2D eigenvalue weighted by molar-refractivity contribution is -0.114. The van der Waals surface area contributed by atoms with E-state index in [1.165, 1.54) is 6.92 Å². The van der Waals surface area contributed by atoms with Gasteiger partial charge in [0.2, 0.25) is 5.91 Å². The summed E-state index contributed by atoms with van der Waals surface area (Å²) in [7, 11) is 0. The van der Waals surface area contributed by atoms with Crippen molar-refractivity contribution in [1.82, 2.24) is 20.1 Å². The second-order valence-electron chi connectivity index (χ2n) is 9.61. The molecule has 2 atom stereocenters. The molecule has 1 saturated carbocycles. The summed E-state index contributed by atoms with van der Waals surface area (Å²) < 4.78 is 7.54. The molecule has 0 radical (unpaired) electrons. The minimum absolute atomic E-state index is 0.0525. The van der Waals surface area contributed by atoms with Crippen LogP contribution in [0.1, 0.15) is 72.4 Å². The molecule has 0 spiro atoms. The molecule has 3 rings (SSSR count). The Labute approximate surface area is 189 Å². The van der Waals surface area contributed by atoms with Crippen molar-refractivity contribution in [3.05, 3.63) is 30.1 Å². The van der Waals surface area contributed by atoms with Crippen LogP contribution in [0, 0.1) is 0 Å². The normalized spacial score (nSPS) is 18.5. The Kier molecular flexibility index (Phi) is 7.06. The summed E-state index contributed by atoms with van der Waals surface area (Å²) in [6, 6.07) is 5.72. The molecule has 9 heteroatoms. The molecule has 2 aromatic heterocycles. The van der Waals surface area contributed by atoms with E-state index in [1.807, 2.05) is 24.6 Å². The zero-order valence-corrected chi connectivity index (χ0v) is 19.7. The average Bonchev–Trinajstić information content (AvgIpc) is 3.29. The van der Waals surface area contributed by atoms with E-state index in [9.17, 15) is 9.59 Å². The van der Waals surface area contributed by atoms with E-state index in [2.05, 4.69) is 47.8 Å². The quantitative estimate of drug-likeness (QED) is 0.607. The number of nitrogens with zero attached hydrogens (tertiary/aromatic N) is 3. The Hall–Kier alpha value is -3.10.